The van der Waals surface area contributed by atoms with E-state index < -0.39 is 17.8 Å². The van der Waals surface area contributed by atoms with Crippen LogP contribution in [0.2, 0.25) is 0 Å². The topological polar surface area (TPSA) is 50.4 Å². The molecule has 0 radical (unpaired) electrons. The first-order valence-corrected chi connectivity index (χ1v) is 11.2. The third kappa shape index (κ3) is 4.19. The lowest BCUT2D eigenvalue weighted by Crippen LogP contribution is -2.72. The number of amides is 1. The number of benzene rings is 4. The van der Waals surface area contributed by atoms with Crippen LogP contribution in [-0.2, 0) is 21.7 Å². The lowest BCUT2D eigenvalue weighted by atomic mass is 9.76. The van der Waals surface area contributed by atoms with Crippen LogP contribution in [0.1, 0.15) is 22.3 Å². The number of rotatable bonds is 8. The lowest BCUT2D eigenvalue weighted by Gasteiger charge is -2.45. The maximum Gasteiger partial charge on any atom is 0.243 e. The zero-order valence-corrected chi connectivity index (χ0v) is 18.2. The Kier molecular flexibility index (Phi) is 6.03. The van der Waals surface area contributed by atoms with Gasteiger partial charge in [0.1, 0.15) is 6.04 Å². The molecule has 1 heterocycles. The summed E-state index contributed by atoms with van der Waals surface area (Å²) in [4.78, 5) is 12.8. The molecule has 0 bridgehead atoms. The van der Waals surface area contributed by atoms with E-state index in [9.17, 15) is 4.79 Å². The molecule has 0 aromatic heterocycles. The summed E-state index contributed by atoms with van der Waals surface area (Å²) in [5.74, 6) is -0.0692. The molecule has 1 aliphatic heterocycles. The predicted molar refractivity (Wildman–Crippen MR) is 129 cm³/mol. The van der Waals surface area contributed by atoms with Crippen LogP contribution >= 0.6 is 0 Å². The van der Waals surface area contributed by atoms with Gasteiger partial charge in [-0.25, -0.2) is 0 Å². The first-order valence-electron chi connectivity index (χ1n) is 11.2. The Balaban J connectivity index is 1.54. The third-order valence-electron chi connectivity index (χ3n) is 6.13. The van der Waals surface area contributed by atoms with Crippen LogP contribution in [0.15, 0.2) is 121 Å². The molecule has 1 aliphatic rings. The number of carbonyl (C=O) groups excluding carboxylic acids is 1. The maximum atomic E-state index is 12.8. The fraction of sp³-hybridized carbons (Fsp3) is 0.138. The smallest absolute Gasteiger partial charge is 0.243 e. The second-order valence-electron chi connectivity index (χ2n) is 8.20. The zero-order valence-electron chi connectivity index (χ0n) is 18.2. The van der Waals surface area contributed by atoms with E-state index in [1.165, 1.54) is 0 Å². The van der Waals surface area contributed by atoms with Crippen LogP contribution in [0.3, 0.4) is 0 Å². The van der Waals surface area contributed by atoms with Crippen molar-refractivity contribution >= 4 is 5.91 Å². The van der Waals surface area contributed by atoms with Crippen molar-refractivity contribution in [3.8, 4) is 0 Å². The van der Waals surface area contributed by atoms with Gasteiger partial charge in [0.2, 0.25) is 5.91 Å². The summed E-state index contributed by atoms with van der Waals surface area (Å²) in [6.45, 7) is 0.430. The summed E-state index contributed by atoms with van der Waals surface area (Å²) in [5, 5.41) is 6.63. The van der Waals surface area contributed by atoms with Gasteiger partial charge in [0.15, 0.2) is 6.23 Å². The number of hydrogen-bond donors (Lipinski definition) is 2. The number of hydrogen-bond acceptors (Lipinski definition) is 3. The van der Waals surface area contributed by atoms with Crippen molar-refractivity contribution < 1.29 is 9.53 Å². The second-order valence-corrected chi connectivity index (χ2v) is 8.20. The summed E-state index contributed by atoms with van der Waals surface area (Å²) in [6.07, 6.45) is -0.423. The van der Waals surface area contributed by atoms with Crippen molar-refractivity contribution in [3.63, 3.8) is 0 Å². The Morgan fingerprint density at radius 2 is 1.09 bits per heavy atom. The number of ether oxygens (including phenoxy) is 1. The van der Waals surface area contributed by atoms with Gasteiger partial charge >= 0.3 is 0 Å². The molecule has 1 amide bonds. The Morgan fingerprint density at radius 1 is 0.667 bits per heavy atom. The van der Waals surface area contributed by atoms with E-state index >= 15 is 0 Å². The van der Waals surface area contributed by atoms with E-state index in [0.717, 1.165) is 22.3 Å². The molecule has 0 aliphatic carbocycles. The minimum atomic E-state index is -0.722. The van der Waals surface area contributed by atoms with Gasteiger partial charge in [-0.2, -0.15) is 0 Å². The number of nitrogens with one attached hydrogen (secondary N) is 2. The van der Waals surface area contributed by atoms with Crippen molar-refractivity contribution in [1.29, 1.82) is 0 Å². The highest BCUT2D eigenvalue weighted by atomic mass is 16.5. The van der Waals surface area contributed by atoms with Crippen LogP contribution in [0, 0.1) is 0 Å². The highest BCUT2D eigenvalue weighted by Gasteiger charge is 2.47. The van der Waals surface area contributed by atoms with Crippen molar-refractivity contribution in [3.05, 3.63) is 144 Å². The average molecular weight is 435 g/mol. The van der Waals surface area contributed by atoms with Gasteiger partial charge in [0.25, 0.3) is 0 Å². The molecular formula is C29H26N2O2. The molecule has 5 rings (SSSR count). The molecule has 0 saturated carbocycles. The molecule has 1 fully saturated rings. The Bertz CT molecular complexity index is 1080. The quantitative estimate of drug-likeness (QED) is 0.315. The van der Waals surface area contributed by atoms with Gasteiger partial charge in [-0.15, -0.1) is 0 Å². The lowest BCUT2D eigenvalue weighted by molar-refractivity contribution is -0.149. The predicted octanol–water partition coefficient (Wildman–Crippen LogP) is 4.61. The van der Waals surface area contributed by atoms with Crippen molar-refractivity contribution in [2.24, 2.45) is 0 Å². The molecule has 2 atom stereocenters. The van der Waals surface area contributed by atoms with Crippen LogP contribution < -0.4 is 10.6 Å². The van der Waals surface area contributed by atoms with E-state index in [4.69, 9.17) is 4.74 Å². The summed E-state index contributed by atoms with van der Waals surface area (Å²) in [6, 6.07) is 40.3. The fourth-order valence-corrected chi connectivity index (χ4v) is 4.44. The molecule has 4 nitrogen and oxygen atoms in total. The molecule has 2 N–H and O–H groups in total. The monoisotopic (exact) mass is 434 g/mol. The summed E-state index contributed by atoms with van der Waals surface area (Å²) in [5.41, 5.74) is 3.52. The fourth-order valence-electron chi connectivity index (χ4n) is 4.44. The zero-order chi connectivity index (χ0) is 22.5. The summed E-state index contributed by atoms with van der Waals surface area (Å²) < 4.78 is 6.11. The third-order valence-corrected chi connectivity index (χ3v) is 6.13. The minimum Gasteiger partial charge on any atom is -0.352 e. The first-order chi connectivity index (χ1) is 16.3. The van der Waals surface area contributed by atoms with Crippen molar-refractivity contribution in [2.75, 3.05) is 0 Å². The van der Waals surface area contributed by atoms with Gasteiger partial charge in [0, 0.05) is 0 Å². The molecule has 33 heavy (non-hydrogen) atoms. The van der Waals surface area contributed by atoms with E-state index in [1.807, 2.05) is 84.9 Å². The molecule has 4 heteroatoms. The normalized spacial score (nSPS) is 17.8. The van der Waals surface area contributed by atoms with Gasteiger partial charge in [0.05, 0.1) is 12.1 Å². The number of β-lactam (4-membered cyclic amide) rings is 1. The summed E-state index contributed by atoms with van der Waals surface area (Å²) >= 11 is 0. The van der Waals surface area contributed by atoms with E-state index in [0.29, 0.717) is 6.61 Å². The van der Waals surface area contributed by atoms with Crippen molar-refractivity contribution in [2.45, 2.75) is 24.4 Å². The van der Waals surface area contributed by atoms with E-state index in [2.05, 4.69) is 47.0 Å². The molecule has 0 unspecified atom stereocenters. The molecule has 0 spiro atoms. The minimum absolute atomic E-state index is 0.0692. The second kappa shape index (κ2) is 9.41. The molecule has 1 saturated heterocycles. The van der Waals surface area contributed by atoms with E-state index in [-0.39, 0.29) is 5.91 Å². The van der Waals surface area contributed by atoms with Crippen molar-refractivity contribution in [1.82, 2.24) is 10.6 Å². The van der Waals surface area contributed by atoms with Gasteiger partial charge in [-0.3, -0.25) is 10.1 Å². The number of carbonyl (C=O) groups is 1. The molecule has 4 aromatic carbocycles. The Morgan fingerprint density at radius 3 is 1.52 bits per heavy atom. The van der Waals surface area contributed by atoms with Crippen LogP contribution in [0.4, 0.5) is 0 Å². The molecule has 4 aromatic rings. The van der Waals surface area contributed by atoms with E-state index in [1.54, 1.807) is 0 Å². The Hall–Kier alpha value is -3.73. The Labute approximate surface area is 194 Å². The van der Waals surface area contributed by atoms with Crippen LogP contribution in [-0.4, -0.2) is 18.2 Å². The molecular weight excluding hydrogens is 408 g/mol. The van der Waals surface area contributed by atoms with Crippen LogP contribution in [0.5, 0.6) is 0 Å². The van der Waals surface area contributed by atoms with Gasteiger partial charge in [-0.1, -0.05) is 121 Å². The standard InChI is InChI=1S/C29H26N2O2/c32-27-26(28(30-27)33-21-22-13-5-1-6-14-22)31-29(23-15-7-2-8-16-23,24-17-9-3-10-18-24)25-19-11-4-12-20-25/h1-20,26,28,31H,21H2,(H,30,32)/t26-,28+/m1/s1. The SMILES string of the molecule is O=C1N[C@@H](OCc2ccccc2)[C@@H]1NC(c1ccccc1)(c1ccccc1)c1ccccc1. The first kappa shape index (κ1) is 21.1. The highest BCUT2D eigenvalue weighted by molar-refractivity contribution is 5.89. The van der Waals surface area contributed by atoms with Gasteiger partial charge in [-0.05, 0) is 22.3 Å². The van der Waals surface area contributed by atoms with Gasteiger partial charge < -0.3 is 10.1 Å². The summed E-state index contributed by atoms with van der Waals surface area (Å²) in [7, 11) is 0. The average Bonchev–Trinajstić information content (AvgIpc) is 2.89. The highest BCUT2D eigenvalue weighted by Crippen LogP contribution is 2.38. The largest absolute Gasteiger partial charge is 0.352 e. The van der Waals surface area contributed by atoms with Crippen LogP contribution in [0.25, 0.3) is 0 Å². The maximum absolute atomic E-state index is 12.8. The molecule has 164 valence electrons.